The predicted octanol–water partition coefficient (Wildman–Crippen LogP) is 4.58. The summed E-state index contributed by atoms with van der Waals surface area (Å²) in [6.45, 7) is 3.87. The van der Waals surface area contributed by atoms with Crippen LogP contribution in [0.2, 0.25) is 0 Å². The second-order valence-corrected chi connectivity index (χ2v) is 9.30. The minimum Gasteiger partial charge on any atom is -0.492 e. The van der Waals surface area contributed by atoms with Gasteiger partial charge in [0.15, 0.2) is 0 Å². The summed E-state index contributed by atoms with van der Waals surface area (Å²) in [4.78, 5) is 0. The molecule has 2 aromatic carbocycles. The molecule has 0 spiro atoms. The molecule has 0 aromatic heterocycles. The van der Waals surface area contributed by atoms with E-state index in [0.717, 1.165) is 15.2 Å². The van der Waals surface area contributed by atoms with E-state index in [1.54, 1.807) is 0 Å². The van der Waals surface area contributed by atoms with Crippen LogP contribution in [0.15, 0.2) is 40.9 Å². The largest absolute Gasteiger partial charge is 0.492 e. The first kappa shape index (κ1) is 16.6. The van der Waals surface area contributed by atoms with Crippen molar-refractivity contribution in [1.29, 1.82) is 0 Å². The Kier molecular flexibility index (Phi) is 4.85. The van der Waals surface area contributed by atoms with Crippen LogP contribution in [0, 0.1) is 5.41 Å². The summed E-state index contributed by atoms with van der Waals surface area (Å²) in [5.74, 6) is 0.556. The molecule has 0 N–H and O–H groups in total. The maximum Gasteiger partial charge on any atom is 0.233 e. The van der Waals surface area contributed by atoms with Gasteiger partial charge in [0, 0.05) is 16.1 Å². The van der Waals surface area contributed by atoms with Gasteiger partial charge >= 0.3 is 0 Å². The molecule has 6 heteroatoms. The lowest BCUT2D eigenvalue weighted by Crippen LogP contribution is -2.28. The fourth-order valence-corrected chi connectivity index (χ4v) is 4.62. The zero-order valence-electron chi connectivity index (χ0n) is 11.8. The van der Waals surface area contributed by atoms with Gasteiger partial charge in [-0.1, -0.05) is 44.2 Å². The smallest absolute Gasteiger partial charge is 0.233 e. The van der Waals surface area contributed by atoms with E-state index < -0.39 is 14.5 Å². The topological polar surface area (TPSA) is 43.4 Å². The molecule has 2 aromatic rings. The van der Waals surface area contributed by atoms with Gasteiger partial charge in [0.2, 0.25) is 9.05 Å². The van der Waals surface area contributed by atoms with Crippen molar-refractivity contribution in [3.05, 3.63) is 40.9 Å². The minimum absolute atomic E-state index is 0.132. The summed E-state index contributed by atoms with van der Waals surface area (Å²) in [5.41, 5.74) is -0.564. The highest BCUT2D eigenvalue weighted by Gasteiger charge is 2.26. The molecule has 114 valence electrons. The molecule has 0 aliphatic carbocycles. The van der Waals surface area contributed by atoms with Crippen molar-refractivity contribution in [3.8, 4) is 5.75 Å². The van der Waals surface area contributed by atoms with Gasteiger partial charge in [0.05, 0.1) is 16.8 Å². The number of benzene rings is 2. The van der Waals surface area contributed by atoms with Crippen LogP contribution < -0.4 is 4.74 Å². The summed E-state index contributed by atoms with van der Waals surface area (Å²) in [6, 6.07) is 11.8. The van der Waals surface area contributed by atoms with E-state index in [0.29, 0.717) is 5.75 Å². The lowest BCUT2D eigenvalue weighted by Gasteiger charge is -2.23. The molecule has 0 atom stereocenters. The summed E-state index contributed by atoms with van der Waals surface area (Å²) in [5, 5.41) is 2.16. The number of fused-ring (bicyclic) bond motifs is 1. The fourth-order valence-electron chi connectivity index (χ4n) is 2.11. The molecule has 0 bridgehead atoms. The van der Waals surface area contributed by atoms with Crippen LogP contribution in [-0.2, 0) is 9.05 Å². The monoisotopic (exact) mass is 390 g/mol. The van der Waals surface area contributed by atoms with Crippen LogP contribution in [0.1, 0.15) is 13.8 Å². The SMILES string of the molecule is CC(C)(COc1ccc2ccccc2c1Br)CS(=O)(=O)Cl. The molecule has 0 saturated heterocycles. The third-order valence-electron chi connectivity index (χ3n) is 3.01. The number of hydrogen-bond donors (Lipinski definition) is 0. The predicted molar refractivity (Wildman–Crippen MR) is 90.6 cm³/mol. The maximum atomic E-state index is 11.2. The Morgan fingerprint density at radius 3 is 2.52 bits per heavy atom. The van der Waals surface area contributed by atoms with E-state index in [2.05, 4.69) is 15.9 Å². The molecular weight excluding hydrogens is 376 g/mol. The summed E-state index contributed by atoms with van der Waals surface area (Å²) < 4.78 is 29.1. The molecule has 21 heavy (non-hydrogen) atoms. The van der Waals surface area contributed by atoms with E-state index in [1.165, 1.54) is 0 Å². The van der Waals surface area contributed by atoms with E-state index in [1.807, 2.05) is 50.2 Å². The van der Waals surface area contributed by atoms with Crippen molar-refractivity contribution in [3.63, 3.8) is 0 Å². The van der Waals surface area contributed by atoms with Crippen LogP contribution in [-0.4, -0.2) is 20.8 Å². The Bertz CT molecular complexity index is 757. The Labute approximate surface area is 137 Å². The van der Waals surface area contributed by atoms with Crippen LogP contribution in [0.4, 0.5) is 0 Å². The first-order chi connectivity index (χ1) is 9.68. The lowest BCUT2D eigenvalue weighted by molar-refractivity contribution is 0.199. The van der Waals surface area contributed by atoms with Crippen molar-refractivity contribution in [1.82, 2.24) is 0 Å². The molecule has 0 saturated carbocycles. The molecule has 3 nitrogen and oxygen atoms in total. The molecule has 0 radical (unpaired) electrons. The van der Waals surface area contributed by atoms with Crippen molar-refractivity contribution in [2.45, 2.75) is 13.8 Å². The van der Waals surface area contributed by atoms with Crippen molar-refractivity contribution < 1.29 is 13.2 Å². The first-order valence-electron chi connectivity index (χ1n) is 6.40. The maximum absolute atomic E-state index is 11.2. The minimum atomic E-state index is -3.55. The zero-order valence-corrected chi connectivity index (χ0v) is 14.9. The molecule has 2 rings (SSSR count). The van der Waals surface area contributed by atoms with Gasteiger partial charge in [-0.05, 0) is 32.8 Å². The summed E-state index contributed by atoms with van der Waals surface area (Å²) in [6.07, 6.45) is 0. The molecule has 0 heterocycles. The van der Waals surface area contributed by atoms with Gasteiger partial charge in [-0.2, -0.15) is 0 Å². The summed E-state index contributed by atoms with van der Waals surface area (Å²) >= 11 is 3.54. The van der Waals surface area contributed by atoms with Crippen molar-refractivity contribution >= 4 is 46.4 Å². The number of ether oxygens (including phenoxy) is 1. The zero-order chi connectivity index (χ0) is 15.7. The Morgan fingerprint density at radius 2 is 1.86 bits per heavy atom. The van der Waals surface area contributed by atoms with E-state index in [-0.39, 0.29) is 12.4 Å². The molecule has 0 aliphatic heterocycles. The van der Waals surface area contributed by atoms with Gasteiger partial charge in [-0.3, -0.25) is 0 Å². The average molecular weight is 392 g/mol. The van der Waals surface area contributed by atoms with Crippen LogP contribution >= 0.6 is 26.6 Å². The number of halogens is 2. The second-order valence-electron chi connectivity index (χ2n) is 5.73. The highest BCUT2D eigenvalue weighted by atomic mass is 79.9. The lowest BCUT2D eigenvalue weighted by atomic mass is 9.98. The van der Waals surface area contributed by atoms with Crippen LogP contribution in [0.5, 0.6) is 5.75 Å². The fraction of sp³-hybridized carbons (Fsp3) is 0.333. The molecule has 0 unspecified atom stereocenters. The highest BCUT2D eigenvalue weighted by Crippen LogP contribution is 2.34. The van der Waals surface area contributed by atoms with Gasteiger partial charge in [-0.15, -0.1) is 0 Å². The Morgan fingerprint density at radius 1 is 1.19 bits per heavy atom. The Hall–Kier alpha value is -0.780. The normalized spacial score (nSPS) is 12.6. The molecular formula is C15H16BrClO3S. The van der Waals surface area contributed by atoms with Gasteiger partial charge < -0.3 is 4.74 Å². The highest BCUT2D eigenvalue weighted by molar-refractivity contribution is 9.10. The third-order valence-corrected chi connectivity index (χ3v) is 5.28. The molecule has 0 fully saturated rings. The third kappa shape index (κ3) is 4.59. The molecule has 0 aliphatic rings. The van der Waals surface area contributed by atoms with Gasteiger partial charge in [0.1, 0.15) is 5.75 Å². The second kappa shape index (κ2) is 6.15. The quantitative estimate of drug-likeness (QED) is 0.701. The van der Waals surface area contributed by atoms with Crippen molar-refractivity contribution in [2.75, 3.05) is 12.4 Å². The average Bonchev–Trinajstić information content (AvgIpc) is 2.35. The van der Waals surface area contributed by atoms with Gasteiger partial charge in [-0.25, -0.2) is 8.42 Å². The standard InChI is InChI=1S/C15H16BrClO3S/c1-15(2,10-21(17,18)19)9-20-13-8-7-11-5-3-4-6-12(11)14(13)16/h3-8H,9-10H2,1-2H3. The van der Waals surface area contributed by atoms with E-state index in [9.17, 15) is 8.42 Å². The van der Waals surface area contributed by atoms with Crippen LogP contribution in [0.3, 0.4) is 0 Å². The Balaban J connectivity index is 2.19. The first-order valence-corrected chi connectivity index (χ1v) is 9.67. The van der Waals surface area contributed by atoms with Gasteiger partial charge in [0.25, 0.3) is 0 Å². The molecule has 0 amide bonds. The number of hydrogen-bond acceptors (Lipinski definition) is 3. The summed E-state index contributed by atoms with van der Waals surface area (Å²) in [7, 11) is 1.77. The van der Waals surface area contributed by atoms with E-state index >= 15 is 0 Å². The van der Waals surface area contributed by atoms with E-state index in [4.69, 9.17) is 15.4 Å². The van der Waals surface area contributed by atoms with Crippen molar-refractivity contribution in [2.24, 2.45) is 5.41 Å². The van der Waals surface area contributed by atoms with Crippen LogP contribution in [0.25, 0.3) is 10.8 Å². The number of rotatable bonds is 5.